The third-order valence-electron chi connectivity index (χ3n) is 6.71. The summed E-state index contributed by atoms with van der Waals surface area (Å²) >= 11 is 0. The summed E-state index contributed by atoms with van der Waals surface area (Å²) in [6, 6.07) is 3.90. The van der Waals surface area contributed by atoms with Gasteiger partial charge >= 0.3 is 0 Å². The molecule has 2 aromatic carbocycles. The van der Waals surface area contributed by atoms with E-state index in [0.717, 1.165) is 22.5 Å². The third kappa shape index (κ3) is 4.11. The number of fused-ring (bicyclic) bond motifs is 1. The van der Waals surface area contributed by atoms with E-state index in [1.54, 1.807) is 4.90 Å². The van der Waals surface area contributed by atoms with E-state index in [0.29, 0.717) is 17.3 Å². The van der Waals surface area contributed by atoms with Gasteiger partial charge in [0.15, 0.2) is 11.6 Å². The van der Waals surface area contributed by atoms with Crippen LogP contribution in [0.4, 0.5) is 18.9 Å². The minimum Gasteiger partial charge on any atom is -0.369 e. The van der Waals surface area contributed by atoms with Crippen molar-refractivity contribution in [3.05, 3.63) is 58.9 Å². The smallest absolute Gasteiger partial charge is 0.255 e. The minimum atomic E-state index is -4.08. The number of sulfonamides is 1. The van der Waals surface area contributed by atoms with E-state index in [1.165, 1.54) is 11.0 Å². The maximum atomic E-state index is 14.5. The summed E-state index contributed by atoms with van der Waals surface area (Å²) in [5.41, 5.74) is 1.05. The molecular formula is C23H21F3N4O5S. The zero-order chi connectivity index (χ0) is 25.8. The maximum absolute atomic E-state index is 14.5. The van der Waals surface area contributed by atoms with Crippen molar-refractivity contribution in [2.45, 2.75) is 30.3 Å². The predicted molar refractivity (Wildman–Crippen MR) is 120 cm³/mol. The highest BCUT2D eigenvalue weighted by molar-refractivity contribution is 7.89. The highest BCUT2D eigenvalue weighted by Crippen LogP contribution is 2.36. The number of anilines is 1. The van der Waals surface area contributed by atoms with E-state index >= 15 is 0 Å². The fraction of sp³-hybridized carbons (Fsp3) is 0.348. The van der Waals surface area contributed by atoms with E-state index < -0.39 is 51.2 Å². The van der Waals surface area contributed by atoms with E-state index in [-0.39, 0.29) is 56.0 Å². The van der Waals surface area contributed by atoms with Gasteiger partial charge in [0.05, 0.1) is 4.90 Å². The zero-order valence-corrected chi connectivity index (χ0v) is 19.7. The zero-order valence-electron chi connectivity index (χ0n) is 18.8. The summed E-state index contributed by atoms with van der Waals surface area (Å²) in [5.74, 6) is -4.58. The second kappa shape index (κ2) is 8.89. The molecule has 36 heavy (non-hydrogen) atoms. The lowest BCUT2D eigenvalue weighted by atomic mass is 10.0. The molecule has 0 saturated carbocycles. The van der Waals surface area contributed by atoms with Gasteiger partial charge in [-0.15, -0.1) is 0 Å². The number of amides is 3. The molecule has 0 bridgehead atoms. The van der Waals surface area contributed by atoms with Crippen LogP contribution >= 0.6 is 0 Å². The number of nitrogens with one attached hydrogen (secondary N) is 1. The van der Waals surface area contributed by atoms with Gasteiger partial charge in [-0.25, -0.2) is 21.6 Å². The standard InChI is InChI=1S/C23H21F3N4O5S/c24-13-9-15-16(12-30(23(15)33)19-3-4-21(31)27-22(19)32)20(10-13)28-5-7-29(8-6-28)36(34,35)14-1-2-17(25)18(26)11-14/h1-2,9-11,19H,3-8,12H2,(H,27,31,32). The summed E-state index contributed by atoms with van der Waals surface area (Å²) in [6.07, 6.45) is 0.259. The first-order chi connectivity index (χ1) is 17.1. The molecule has 1 atom stereocenters. The van der Waals surface area contributed by atoms with Gasteiger partial charge in [-0.2, -0.15) is 4.31 Å². The van der Waals surface area contributed by atoms with Crippen LogP contribution in [0, 0.1) is 17.5 Å². The monoisotopic (exact) mass is 522 g/mol. The van der Waals surface area contributed by atoms with E-state index in [2.05, 4.69) is 5.32 Å². The number of nitrogens with zero attached hydrogens (tertiary/aromatic N) is 3. The first kappa shape index (κ1) is 24.3. The van der Waals surface area contributed by atoms with E-state index in [1.807, 2.05) is 0 Å². The molecule has 0 spiro atoms. The molecule has 3 amide bonds. The second-order valence-corrected chi connectivity index (χ2v) is 10.8. The molecule has 3 heterocycles. The number of carbonyl (C=O) groups excluding carboxylic acids is 3. The largest absolute Gasteiger partial charge is 0.369 e. The van der Waals surface area contributed by atoms with Crippen LogP contribution in [-0.4, -0.2) is 67.6 Å². The van der Waals surface area contributed by atoms with Gasteiger partial charge in [0.1, 0.15) is 11.9 Å². The van der Waals surface area contributed by atoms with Gasteiger partial charge in [-0.05, 0) is 36.8 Å². The molecule has 3 aliphatic heterocycles. The number of piperidine rings is 1. The molecule has 9 nitrogen and oxygen atoms in total. The van der Waals surface area contributed by atoms with Gasteiger partial charge in [-0.3, -0.25) is 19.7 Å². The predicted octanol–water partition coefficient (Wildman–Crippen LogP) is 1.38. The summed E-state index contributed by atoms with van der Waals surface area (Å²) in [6.45, 7) is 0.356. The lowest BCUT2D eigenvalue weighted by molar-refractivity contribution is -0.136. The van der Waals surface area contributed by atoms with Crippen molar-refractivity contribution in [1.29, 1.82) is 0 Å². The topological polar surface area (TPSA) is 107 Å². The van der Waals surface area contributed by atoms with Crippen molar-refractivity contribution in [2.24, 2.45) is 0 Å². The van der Waals surface area contributed by atoms with Crippen LogP contribution in [0.5, 0.6) is 0 Å². The number of hydrogen-bond donors (Lipinski definition) is 1. The Hall–Kier alpha value is -3.45. The lowest BCUT2D eigenvalue weighted by Gasteiger charge is -2.36. The van der Waals surface area contributed by atoms with Crippen LogP contribution in [0.25, 0.3) is 0 Å². The van der Waals surface area contributed by atoms with Crippen LogP contribution in [0.3, 0.4) is 0 Å². The van der Waals surface area contributed by atoms with Crippen molar-refractivity contribution < 1.29 is 36.0 Å². The average molecular weight is 523 g/mol. The number of halogens is 3. The quantitative estimate of drug-likeness (QED) is 0.608. The number of imide groups is 1. The third-order valence-corrected chi connectivity index (χ3v) is 8.60. The number of rotatable bonds is 4. The Labute approximate surface area is 204 Å². The van der Waals surface area contributed by atoms with Crippen LogP contribution in [0.15, 0.2) is 35.2 Å². The van der Waals surface area contributed by atoms with Crippen LogP contribution in [0.2, 0.25) is 0 Å². The molecular weight excluding hydrogens is 501 g/mol. The molecule has 13 heteroatoms. The Morgan fingerprint density at radius 2 is 1.64 bits per heavy atom. The number of benzene rings is 2. The molecule has 0 aromatic heterocycles. The van der Waals surface area contributed by atoms with Crippen LogP contribution in [0.1, 0.15) is 28.8 Å². The molecule has 1 unspecified atom stereocenters. The van der Waals surface area contributed by atoms with Crippen molar-refractivity contribution in [2.75, 3.05) is 31.1 Å². The first-order valence-corrected chi connectivity index (χ1v) is 12.7. The maximum Gasteiger partial charge on any atom is 0.255 e. The lowest BCUT2D eigenvalue weighted by Crippen LogP contribution is -2.52. The van der Waals surface area contributed by atoms with Crippen LogP contribution < -0.4 is 10.2 Å². The molecule has 0 radical (unpaired) electrons. The normalized spacial score (nSPS) is 21.1. The van der Waals surface area contributed by atoms with E-state index in [9.17, 15) is 36.0 Å². The number of hydrogen-bond acceptors (Lipinski definition) is 6. The molecule has 2 saturated heterocycles. The molecule has 190 valence electrons. The SMILES string of the molecule is O=C1CCC(N2Cc3c(cc(F)cc3N3CCN(S(=O)(=O)c4ccc(F)c(F)c4)CC3)C2=O)C(=O)N1. The van der Waals surface area contributed by atoms with Crippen molar-refractivity contribution in [3.8, 4) is 0 Å². The molecule has 1 N–H and O–H groups in total. The second-order valence-electron chi connectivity index (χ2n) is 8.82. The molecule has 2 fully saturated rings. The summed E-state index contributed by atoms with van der Waals surface area (Å²) in [4.78, 5) is 39.5. The molecule has 3 aliphatic rings. The highest BCUT2D eigenvalue weighted by atomic mass is 32.2. The Morgan fingerprint density at radius 3 is 2.31 bits per heavy atom. The molecule has 2 aromatic rings. The van der Waals surface area contributed by atoms with Gasteiger partial charge < -0.3 is 9.80 Å². The van der Waals surface area contributed by atoms with Crippen molar-refractivity contribution >= 4 is 33.4 Å². The summed E-state index contributed by atoms with van der Waals surface area (Å²) in [5, 5.41) is 2.22. The van der Waals surface area contributed by atoms with Gasteiger partial charge in [0, 0.05) is 56.0 Å². The fourth-order valence-corrected chi connectivity index (χ4v) is 6.28. The van der Waals surface area contributed by atoms with E-state index in [4.69, 9.17) is 0 Å². The first-order valence-electron chi connectivity index (χ1n) is 11.2. The Kier molecular flexibility index (Phi) is 5.99. The minimum absolute atomic E-state index is 0.00256. The van der Waals surface area contributed by atoms with Gasteiger partial charge in [-0.1, -0.05) is 0 Å². The highest BCUT2D eigenvalue weighted by Gasteiger charge is 2.41. The Morgan fingerprint density at radius 1 is 0.917 bits per heavy atom. The molecule has 0 aliphatic carbocycles. The van der Waals surface area contributed by atoms with Crippen LogP contribution in [-0.2, 0) is 26.2 Å². The summed E-state index contributed by atoms with van der Waals surface area (Å²) in [7, 11) is -4.08. The molecule has 5 rings (SSSR count). The Balaban J connectivity index is 1.36. The van der Waals surface area contributed by atoms with Gasteiger partial charge in [0.2, 0.25) is 21.8 Å². The van der Waals surface area contributed by atoms with Gasteiger partial charge in [0.25, 0.3) is 5.91 Å². The number of carbonyl (C=O) groups is 3. The van der Waals surface area contributed by atoms with Crippen molar-refractivity contribution in [1.82, 2.24) is 14.5 Å². The fourth-order valence-electron chi connectivity index (χ4n) is 4.85. The van der Waals surface area contributed by atoms with Crippen molar-refractivity contribution in [3.63, 3.8) is 0 Å². The Bertz CT molecular complexity index is 1390. The summed E-state index contributed by atoms with van der Waals surface area (Å²) < 4.78 is 68.3. The average Bonchev–Trinajstić information content (AvgIpc) is 3.16. The number of piperazine rings is 1.